The van der Waals surface area contributed by atoms with Gasteiger partial charge in [-0.2, -0.15) is 0 Å². The van der Waals surface area contributed by atoms with Crippen LogP contribution in [-0.2, 0) is 12.8 Å². The van der Waals surface area contributed by atoms with Gasteiger partial charge in [0.1, 0.15) is 0 Å². The molecule has 2 heterocycles. The molecule has 0 amide bonds. The van der Waals surface area contributed by atoms with Crippen molar-refractivity contribution in [2.45, 2.75) is 78.1 Å². The lowest BCUT2D eigenvalue weighted by Gasteiger charge is -2.14. The van der Waals surface area contributed by atoms with E-state index in [0.717, 1.165) is 12.8 Å². The summed E-state index contributed by atoms with van der Waals surface area (Å²) < 4.78 is 3.05. The van der Waals surface area contributed by atoms with Gasteiger partial charge in [0.25, 0.3) is 0 Å². The highest BCUT2D eigenvalue weighted by molar-refractivity contribution is 7.27. The van der Waals surface area contributed by atoms with E-state index in [9.17, 15) is 0 Å². The molecule has 3 rings (SSSR count). The highest BCUT2D eigenvalue weighted by Crippen LogP contribution is 2.43. The summed E-state index contributed by atoms with van der Waals surface area (Å²) in [6, 6.07) is 4.92. The van der Waals surface area contributed by atoms with Gasteiger partial charge in [0, 0.05) is 9.75 Å². The van der Waals surface area contributed by atoms with Crippen molar-refractivity contribution in [1.82, 2.24) is 0 Å². The molecule has 0 unspecified atom stereocenters. The first kappa shape index (κ1) is 24.7. The fraction of sp³-hybridized carbons (Fsp3) is 0.400. The fourth-order valence-electron chi connectivity index (χ4n) is 4.58. The highest BCUT2D eigenvalue weighted by Gasteiger charge is 2.17. The van der Waals surface area contributed by atoms with E-state index in [2.05, 4.69) is 63.4 Å². The second-order valence-electron chi connectivity index (χ2n) is 8.68. The van der Waals surface area contributed by atoms with Crippen LogP contribution in [0.4, 0.5) is 0 Å². The molecule has 0 nitrogen and oxygen atoms in total. The van der Waals surface area contributed by atoms with Crippen molar-refractivity contribution < 1.29 is 0 Å². The molecule has 0 bridgehead atoms. The summed E-state index contributed by atoms with van der Waals surface area (Å²) >= 11 is 3.97. The number of thiophene rings is 2. The smallest absolute Gasteiger partial charge is 0.0526 e. The van der Waals surface area contributed by atoms with Gasteiger partial charge in [-0.1, -0.05) is 62.5 Å². The first-order valence-corrected chi connectivity index (χ1v) is 13.8. The van der Waals surface area contributed by atoms with Crippen molar-refractivity contribution in [2.24, 2.45) is 0 Å². The van der Waals surface area contributed by atoms with Crippen molar-refractivity contribution in [3.63, 3.8) is 0 Å². The molecule has 0 saturated heterocycles. The molecule has 2 heteroatoms. The molecule has 0 aliphatic rings. The van der Waals surface area contributed by atoms with Crippen molar-refractivity contribution in [2.75, 3.05) is 0 Å². The van der Waals surface area contributed by atoms with Crippen LogP contribution in [0.3, 0.4) is 0 Å². The monoisotopic (exact) mass is 462 g/mol. The highest BCUT2D eigenvalue weighted by atomic mass is 32.1. The van der Waals surface area contributed by atoms with E-state index in [1.165, 1.54) is 81.3 Å². The molecule has 170 valence electrons. The largest absolute Gasteiger partial charge is 0.139 e. The summed E-state index contributed by atoms with van der Waals surface area (Å²) in [5.41, 5.74) is 3.28. The number of aryl methyl sites for hydroxylation is 4. The summed E-state index contributed by atoms with van der Waals surface area (Å²) in [6.45, 7) is 12.1. The molecular formula is C30H38S2. The van der Waals surface area contributed by atoms with Crippen LogP contribution in [0.15, 0.2) is 61.7 Å². The first-order valence-electron chi connectivity index (χ1n) is 12.1. The Morgan fingerprint density at radius 1 is 0.656 bits per heavy atom. The molecule has 0 aliphatic heterocycles. The van der Waals surface area contributed by atoms with E-state index in [0.29, 0.717) is 0 Å². The van der Waals surface area contributed by atoms with Crippen LogP contribution in [0.5, 0.6) is 0 Å². The number of allylic oxidation sites excluding steroid dienone is 6. The van der Waals surface area contributed by atoms with E-state index in [1.807, 2.05) is 34.8 Å². The van der Waals surface area contributed by atoms with Gasteiger partial charge in [-0.15, -0.1) is 22.7 Å². The Labute approximate surface area is 203 Å². The Hall–Kier alpha value is -1.90. The zero-order valence-electron chi connectivity index (χ0n) is 19.9. The third kappa shape index (κ3) is 6.56. The Bertz CT molecular complexity index is 1000. The van der Waals surface area contributed by atoms with Gasteiger partial charge in [0.05, 0.1) is 9.40 Å². The number of rotatable bonds is 14. The Morgan fingerprint density at radius 3 is 1.50 bits per heavy atom. The summed E-state index contributed by atoms with van der Waals surface area (Å²) in [5, 5.41) is 3.08. The molecule has 32 heavy (non-hydrogen) atoms. The van der Waals surface area contributed by atoms with Crippen molar-refractivity contribution in [3.05, 3.63) is 82.6 Å². The number of benzene rings is 1. The summed E-state index contributed by atoms with van der Waals surface area (Å²) in [5.74, 6) is 0. The van der Waals surface area contributed by atoms with Gasteiger partial charge in [0.2, 0.25) is 0 Å². The van der Waals surface area contributed by atoms with Gasteiger partial charge in [0.15, 0.2) is 0 Å². The molecule has 0 aliphatic carbocycles. The normalized spacial score (nSPS) is 12.1. The van der Waals surface area contributed by atoms with Crippen molar-refractivity contribution in [1.29, 1.82) is 0 Å². The topological polar surface area (TPSA) is 0 Å². The van der Waals surface area contributed by atoms with Crippen LogP contribution in [0, 0.1) is 13.8 Å². The lowest BCUT2D eigenvalue weighted by molar-refractivity contribution is 0.671. The molecule has 0 spiro atoms. The van der Waals surface area contributed by atoms with Crippen LogP contribution in [0.1, 0.15) is 72.2 Å². The van der Waals surface area contributed by atoms with Crippen LogP contribution < -0.4 is 0 Å². The van der Waals surface area contributed by atoms with Gasteiger partial charge >= 0.3 is 0 Å². The predicted octanol–water partition coefficient (Wildman–Crippen LogP) is 10.4. The van der Waals surface area contributed by atoms with Crippen molar-refractivity contribution in [3.8, 4) is 0 Å². The SMILES string of the molecule is C=CC=CCCCCCc1c(CCCCCC=CC=C)c2cc(C)sc2c2sc(C)cc12. The molecule has 0 saturated carbocycles. The van der Waals surface area contributed by atoms with Crippen LogP contribution in [0.2, 0.25) is 0 Å². The van der Waals surface area contributed by atoms with E-state index in [1.54, 1.807) is 11.1 Å². The second kappa shape index (κ2) is 13.0. The van der Waals surface area contributed by atoms with Gasteiger partial charge in [-0.25, -0.2) is 0 Å². The van der Waals surface area contributed by atoms with E-state index in [-0.39, 0.29) is 0 Å². The second-order valence-corrected chi connectivity index (χ2v) is 11.2. The van der Waals surface area contributed by atoms with Crippen molar-refractivity contribution >= 4 is 42.8 Å². The lowest BCUT2D eigenvalue weighted by Crippen LogP contribution is -1.98. The Balaban J connectivity index is 1.80. The van der Waals surface area contributed by atoms with Gasteiger partial charge in [-0.3, -0.25) is 0 Å². The van der Waals surface area contributed by atoms with Crippen LogP contribution >= 0.6 is 22.7 Å². The number of fused-ring (bicyclic) bond motifs is 3. The average molecular weight is 463 g/mol. The van der Waals surface area contributed by atoms with Crippen LogP contribution in [-0.4, -0.2) is 0 Å². The minimum Gasteiger partial charge on any atom is -0.139 e. The first-order chi connectivity index (χ1) is 15.7. The van der Waals surface area contributed by atoms with E-state index >= 15 is 0 Å². The molecule has 0 N–H and O–H groups in total. The molecule has 3 aromatic rings. The maximum Gasteiger partial charge on any atom is 0.0526 e. The molecular weight excluding hydrogens is 424 g/mol. The minimum atomic E-state index is 1.16. The average Bonchev–Trinajstić information content (AvgIpc) is 3.35. The maximum absolute atomic E-state index is 3.76. The van der Waals surface area contributed by atoms with Gasteiger partial charge < -0.3 is 0 Å². The molecule has 0 radical (unpaired) electrons. The fourth-order valence-corrected chi connectivity index (χ4v) is 6.81. The Morgan fingerprint density at radius 2 is 1.09 bits per heavy atom. The quantitative estimate of drug-likeness (QED) is 0.165. The minimum absolute atomic E-state index is 1.16. The molecule has 1 aromatic carbocycles. The van der Waals surface area contributed by atoms with E-state index in [4.69, 9.17) is 0 Å². The summed E-state index contributed by atoms with van der Waals surface area (Å²) in [7, 11) is 0. The number of hydrogen-bond donors (Lipinski definition) is 0. The third-order valence-electron chi connectivity index (χ3n) is 6.07. The number of hydrogen-bond acceptors (Lipinski definition) is 2. The van der Waals surface area contributed by atoms with Gasteiger partial charge in [-0.05, 0) is 99.2 Å². The number of unbranched alkanes of at least 4 members (excludes halogenated alkanes) is 6. The summed E-state index contributed by atoms with van der Waals surface area (Å²) in [6.07, 6.45) is 24.8. The third-order valence-corrected chi connectivity index (χ3v) is 8.34. The molecule has 2 aromatic heterocycles. The standard InChI is InChI=1S/C30H38S2/c1-5-7-9-11-13-15-17-19-25-26(20-18-16-14-12-10-8-6-2)28-22-24(4)32-30(28)29-27(25)21-23(3)31-29/h5-10,21-22H,1-2,11-20H2,3-4H3. The zero-order chi connectivity index (χ0) is 22.8. The Kier molecular flexibility index (Phi) is 10.0. The van der Waals surface area contributed by atoms with Crippen LogP contribution in [0.25, 0.3) is 20.2 Å². The molecule has 0 atom stereocenters. The predicted molar refractivity (Wildman–Crippen MR) is 150 cm³/mol. The summed E-state index contributed by atoms with van der Waals surface area (Å²) in [4.78, 5) is 2.88. The molecule has 0 fully saturated rings. The zero-order valence-corrected chi connectivity index (χ0v) is 21.6. The lowest BCUT2D eigenvalue weighted by atomic mass is 9.91. The van der Waals surface area contributed by atoms with E-state index < -0.39 is 0 Å². The maximum atomic E-state index is 3.76.